The fraction of sp³-hybridized carbons (Fsp3) is 0.125. The lowest BCUT2D eigenvalue weighted by Gasteiger charge is -2.17. The molecule has 0 saturated carbocycles. The molecule has 0 saturated heterocycles. The number of carbonyl (C=O) groups is 1. The third-order valence-corrected chi connectivity index (χ3v) is 5.53. The number of aromatic amines is 2. The number of aryl methyl sites for hydroxylation is 1. The van der Waals surface area contributed by atoms with Crippen LogP contribution in [-0.2, 0) is 11.2 Å². The number of fused-ring (bicyclic) bond motifs is 1. The topological polar surface area (TPSA) is 142 Å². The molecule has 0 aliphatic rings. The predicted octanol–water partition coefficient (Wildman–Crippen LogP) is 2.92. The van der Waals surface area contributed by atoms with E-state index < -0.39 is 17.6 Å². The standard InChI is InChI=1S/C24H21N7O3/c1-14-10-16(31-9-8-25-13-31)12-18-21(14)30-22(29-18)20-17(5-7-27-23(20)32)28-19(24(33)34)11-15-4-2-3-6-26-15/h2-10,12-13,19H,11H2,1H3,(H,29,30)(H,33,34)(H2,27,28,32). The van der Waals surface area contributed by atoms with Gasteiger partial charge in [-0.05, 0) is 42.8 Å². The Morgan fingerprint density at radius 2 is 2.12 bits per heavy atom. The first-order valence-corrected chi connectivity index (χ1v) is 10.6. The zero-order valence-corrected chi connectivity index (χ0v) is 18.2. The molecular weight excluding hydrogens is 434 g/mol. The summed E-state index contributed by atoms with van der Waals surface area (Å²) in [5, 5.41) is 12.8. The Morgan fingerprint density at radius 1 is 1.24 bits per heavy atom. The van der Waals surface area contributed by atoms with Gasteiger partial charge in [-0.1, -0.05) is 6.07 Å². The second-order valence-electron chi connectivity index (χ2n) is 7.87. The second-order valence-corrected chi connectivity index (χ2v) is 7.87. The van der Waals surface area contributed by atoms with Crippen LogP contribution < -0.4 is 10.9 Å². The van der Waals surface area contributed by atoms with Gasteiger partial charge >= 0.3 is 5.97 Å². The molecule has 10 heteroatoms. The molecule has 5 aromatic rings. The summed E-state index contributed by atoms with van der Waals surface area (Å²) in [6.45, 7) is 1.94. The summed E-state index contributed by atoms with van der Waals surface area (Å²) in [4.78, 5) is 43.6. The van der Waals surface area contributed by atoms with E-state index >= 15 is 0 Å². The van der Waals surface area contributed by atoms with E-state index in [1.54, 1.807) is 43.0 Å². The van der Waals surface area contributed by atoms with E-state index in [1.807, 2.05) is 29.8 Å². The summed E-state index contributed by atoms with van der Waals surface area (Å²) in [6.07, 6.45) is 8.48. The number of nitrogens with one attached hydrogen (secondary N) is 3. The zero-order chi connectivity index (χ0) is 23.7. The van der Waals surface area contributed by atoms with E-state index in [0.717, 1.165) is 22.3 Å². The van der Waals surface area contributed by atoms with Crippen molar-refractivity contribution in [2.24, 2.45) is 0 Å². The lowest BCUT2D eigenvalue weighted by molar-refractivity contribution is -0.137. The molecule has 4 aromatic heterocycles. The van der Waals surface area contributed by atoms with Gasteiger partial charge < -0.3 is 25.0 Å². The van der Waals surface area contributed by atoms with Crippen molar-refractivity contribution < 1.29 is 9.90 Å². The van der Waals surface area contributed by atoms with Crippen LogP contribution in [0.3, 0.4) is 0 Å². The Labute approximate surface area is 193 Å². The minimum absolute atomic E-state index is 0.149. The highest BCUT2D eigenvalue weighted by Gasteiger charge is 2.22. The molecule has 0 bridgehead atoms. The van der Waals surface area contributed by atoms with E-state index in [-0.39, 0.29) is 12.0 Å². The summed E-state index contributed by atoms with van der Waals surface area (Å²) < 4.78 is 1.88. The fourth-order valence-electron chi connectivity index (χ4n) is 3.90. The van der Waals surface area contributed by atoms with Crippen LogP contribution in [0.4, 0.5) is 5.69 Å². The lowest BCUT2D eigenvalue weighted by Crippen LogP contribution is -2.32. The highest BCUT2D eigenvalue weighted by molar-refractivity contribution is 5.87. The first-order valence-electron chi connectivity index (χ1n) is 10.6. The molecule has 4 heterocycles. The number of aliphatic carboxylic acids is 1. The van der Waals surface area contributed by atoms with Crippen LogP contribution in [0.5, 0.6) is 0 Å². The molecule has 1 atom stereocenters. The molecule has 10 nitrogen and oxygen atoms in total. The molecule has 34 heavy (non-hydrogen) atoms. The number of carboxylic acid groups (broad SMARTS) is 1. The van der Waals surface area contributed by atoms with Crippen LogP contribution in [0.15, 0.2) is 72.3 Å². The van der Waals surface area contributed by atoms with Gasteiger partial charge in [0.1, 0.15) is 17.4 Å². The maximum atomic E-state index is 12.8. The number of carboxylic acids is 1. The molecule has 0 aliphatic heterocycles. The second kappa shape index (κ2) is 8.66. The van der Waals surface area contributed by atoms with Gasteiger partial charge in [0.15, 0.2) is 0 Å². The Morgan fingerprint density at radius 3 is 2.85 bits per heavy atom. The van der Waals surface area contributed by atoms with E-state index in [1.165, 1.54) is 6.20 Å². The number of pyridine rings is 2. The largest absolute Gasteiger partial charge is 0.480 e. The van der Waals surface area contributed by atoms with Gasteiger partial charge in [-0.15, -0.1) is 0 Å². The molecular formula is C24H21N7O3. The summed E-state index contributed by atoms with van der Waals surface area (Å²) in [5.74, 6) is -0.713. The average molecular weight is 455 g/mol. The summed E-state index contributed by atoms with van der Waals surface area (Å²) >= 11 is 0. The molecule has 0 spiro atoms. The Balaban J connectivity index is 1.55. The highest BCUT2D eigenvalue weighted by atomic mass is 16.4. The number of imidazole rings is 2. The van der Waals surface area contributed by atoms with E-state index in [4.69, 9.17) is 0 Å². The van der Waals surface area contributed by atoms with Gasteiger partial charge in [0, 0.05) is 42.6 Å². The third kappa shape index (κ3) is 4.04. The molecule has 0 radical (unpaired) electrons. The fourth-order valence-corrected chi connectivity index (χ4v) is 3.90. The van der Waals surface area contributed by atoms with Gasteiger partial charge in [-0.2, -0.15) is 0 Å². The van der Waals surface area contributed by atoms with Crippen LogP contribution in [-0.4, -0.2) is 46.6 Å². The Hall–Kier alpha value is -4.73. The van der Waals surface area contributed by atoms with Crippen LogP contribution in [0, 0.1) is 6.92 Å². The molecule has 0 amide bonds. The quantitative estimate of drug-likeness (QED) is 0.296. The van der Waals surface area contributed by atoms with Gasteiger partial charge in [0.05, 0.1) is 23.0 Å². The third-order valence-electron chi connectivity index (χ3n) is 5.53. The molecule has 4 N–H and O–H groups in total. The number of hydrogen-bond donors (Lipinski definition) is 4. The normalized spacial score (nSPS) is 12.0. The van der Waals surface area contributed by atoms with Crippen molar-refractivity contribution in [3.05, 3.63) is 89.1 Å². The Kier molecular flexibility index (Phi) is 5.38. The van der Waals surface area contributed by atoms with Crippen molar-refractivity contribution in [2.45, 2.75) is 19.4 Å². The first kappa shape index (κ1) is 21.1. The summed E-state index contributed by atoms with van der Waals surface area (Å²) in [5.41, 5.74) is 4.11. The average Bonchev–Trinajstić information content (AvgIpc) is 3.50. The van der Waals surface area contributed by atoms with E-state index in [2.05, 4.69) is 30.2 Å². The molecule has 1 unspecified atom stereocenters. The first-order chi connectivity index (χ1) is 16.5. The van der Waals surface area contributed by atoms with Crippen molar-refractivity contribution in [1.82, 2.24) is 29.5 Å². The zero-order valence-electron chi connectivity index (χ0n) is 18.2. The number of hydrogen-bond acceptors (Lipinski definition) is 6. The maximum absolute atomic E-state index is 12.8. The van der Waals surface area contributed by atoms with Crippen molar-refractivity contribution in [3.8, 4) is 17.1 Å². The molecule has 5 rings (SSSR count). The maximum Gasteiger partial charge on any atom is 0.326 e. The predicted molar refractivity (Wildman–Crippen MR) is 127 cm³/mol. The lowest BCUT2D eigenvalue weighted by atomic mass is 10.1. The number of H-pyrrole nitrogens is 2. The van der Waals surface area contributed by atoms with Crippen molar-refractivity contribution in [1.29, 1.82) is 0 Å². The molecule has 170 valence electrons. The SMILES string of the molecule is Cc1cc(-n2ccnc2)cc2[nH]c(-c3c(NC(Cc4ccccn4)C(=O)O)cc[nH]c3=O)nc12. The molecule has 1 aromatic carbocycles. The van der Waals surface area contributed by atoms with Crippen molar-refractivity contribution in [2.75, 3.05) is 5.32 Å². The van der Waals surface area contributed by atoms with E-state index in [0.29, 0.717) is 17.2 Å². The van der Waals surface area contributed by atoms with Gasteiger partial charge in [0.2, 0.25) is 0 Å². The van der Waals surface area contributed by atoms with Crippen molar-refractivity contribution >= 4 is 22.7 Å². The molecule has 0 aliphatic carbocycles. The molecule has 0 fully saturated rings. The summed E-state index contributed by atoms with van der Waals surface area (Å²) in [7, 11) is 0. The monoisotopic (exact) mass is 455 g/mol. The number of rotatable bonds is 7. The smallest absolute Gasteiger partial charge is 0.326 e. The number of benzene rings is 1. The van der Waals surface area contributed by atoms with Crippen LogP contribution >= 0.6 is 0 Å². The van der Waals surface area contributed by atoms with Gasteiger partial charge in [-0.3, -0.25) is 9.78 Å². The van der Waals surface area contributed by atoms with Gasteiger partial charge in [0.25, 0.3) is 5.56 Å². The number of aromatic nitrogens is 6. The number of anilines is 1. The van der Waals surface area contributed by atoms with Crippen LogP contribution in [0.2, 0.25) is 0 Å². The highest BCUT2D eigenvalue weighted by Crippen LogP contribution is 2.28. The summed E-state index contributed by atoms with van der Waals surface area (Å²) in [6, 6.07) is 9.87. The van der Waals surface area contributed by atoms with E-state index in [9.17, 15) is 14.7 Å². The number of nitrogens with zero attached hydrogens (tertiary/aromatic N) is 4. The van der Waals surface area contributed by atoms with Crippen molar-refractivity contribution in [3.63, 3.8) is 0 Å². The van der Waals surface area contributed by atoms with Gasteiger partial charge in [-0.25, -0.2) is 14.8 Å². The minimum atomic E-state index is -1.05. The van der Waals surface area contributed by atoms with Crippen LogP contribution in [0.25, 0.3) is 28.1 Å². The van der Waals surface area contributed by atoms with Crippen LogP contribution in [0.1, 0.15) is 11.3 Å². The minimum Gasteiger partial charge on any atom is -0.480 e. The Bertz CT molecular complexity index is 1520.